The summed E-state index contributed by atoms with van der Waals surface area (Å²) in [6.45, 7) is 0. The molecule has 0 amide bonds. The first-order chi connectivity index (χ1) is 11.1. The lowest BCUT2D eigenvalue weighted by molar-refractivity contribution is -0.112. The van der Waals surface area contributed by atoms with Gasteiger partial charge in [-0.2, -0.15) is 0 Å². The summed E-state index contributed by atoms with van der Waals surface area (Å²) < 4.78 is 0. The molecular weight excluding hydrogens is 327 g/mol. The molecule has 116 valence electrons. The van der Waals surface area contributed by atoms with Gasteiger partial charge in [0, 0.05) is 21.2 Å². The molecule has 0 N–H and O–H groups in total. The van der Waals surface area contributed by atoms with E-state index in [1.165, 1.54) is 0 Å². The molecule has 0 unspecified atom stereocenters. The number of Topliss-reactive ketones (excluding diaryl/α,β-unsaturated/α-hetero) is 1. The molecule has 1 fully saturated rings. The molecule has 2 aromatic rings. The number of hydrogen-bond donors (Lipinski definition) is 0. The van der Waals surface area contributed by atoms with Crippen LogP contribution >= 0.6 is 23.2 Å². The van der Waals surface area contributed by atoms with E-state index in [4.69, 9.17) is 23.2 Å². The Morgan fingerprint density at radius 2 is 1.26 bits per heavy atom. The van der Waals surface area contributed by atoms with Gasteiger partial charge in [0.2, 0.25) is 0 Å². The predicted octanol–water partition coefficient (Wildman–Crippen LogP) is 6.21. The maximum atomic E-state index is 12.7. The van der Waals surface area contributed by atoms with Crippen LogP contribution in [-0.4, -0.2) is 5.78 Å². The monoisotopic (exact) mass is 342 g/mol. The fraction of sp³-hybridized carbons (Fsp3) is 0.150. The lowest BCUT2D eigenvalue weighted by atomic mass is 9.87. The molecule has 3 heteroatoms. The third-order valence-electron chi connectivity index (χ3n) is 3.85. The maximum Gasteiger partial charge on any atom is 0.185 e. The molecule has 1 aliphatic carbocycles. The van der Waals surface area contributed by atoms with E-state index >= 15 is 0 Å². The number of ketones is 1. The van der Waals surface area contributed by atoms with Gasteiger partial charge in [-0.3, -0.25) is 4.79 Å². The zero-order valence-corrected chi connectivity index (χ0v) is 14.1. The molecule has 0 aromatic heterocycles. The largest absolute Gasteiger partial charge is 0.289 e. The van der Waals surface area contributed by atoms with Crippen LogP contribution in [0.25, 0.3) is 12.2 Å². The second kappa shape index (κ2) is 7.16. The van der Waals surface area contributed by atoms with Crippen molar-refractivity contribution in [2.45, 2.75) is 19.3 Å². The highest BCUT2D eigenvalue weighted by molar-refractivity contribution is 6.31. The van der Waals surface area contributed by atoms with Crippen molar-refractivity contribution < 1.29 is 4.79 Å². The Labute approximate surface area is 146 Å². The van der Waals surface area contributed by atoms with Gasteiger partial charge in [0.15, 0.2) is 5.78 Å². The Morgan fingerprint density at radius 1 is 0.783 bits per heavy atom. The van der Waals surface area contributed by atoms with E-state index in [1.807, 2.05) is 60.7 Å². The summed E-state index contributed by atoms with van der Waals surface area (Å²) >= 11 is 12.0. The number of allylic oxidation sites excluding steroid dienone is 2. The molecule has 0 saturated heterocycles. The Balaban J connectivity index is 1.89. The van der Waals surface area contributed by atoms with Crippen LogP contribution in [0.15, 0.2) is 59.7 Å². The van der Waals surface area contributed by atoms with Crippen molar-refractivity contribution in [3.63, 3.8) is 0 Å². The molecule has 1 aliphatic rings. The summed E-state index contributed by atoms with van der Waals surface area (Å²) in [4.78, 5) is 12.7. The van der Waals surface area contributed by atoms with E-state index in [-0.39, 0.29) is 5.78 Å². The standard InChI is InChI=1S/C20H16Cl2O/c21-18-8-1-4-14(12-18)10-16-6-3-7-17(20(16)23)11-15-5-2-9-19(22)13-15/h1-2,4-5,8-13H,3,6-7H2/b16-10-,17-11-. The van der Waals surface area contributed by atoms with E-state index in [0.717, 1.165) is 41.5 Å². The topological polar surface area (TPSA) is 17.1 Å². The van der Waals surface area contributed by atoms with Crippen molar-refractivity contribution in [1.82, 2.24) is 0 Å². The highest BCUT2D eigenvalue weighted by Gasteiger charge is 2.20. The van der Waals surface area contributed by atoms with Crippen LogP contribution in [0.4, 0.5) is 0 Å². The Kier molecular flexibility index (Phi) is 5.00. The molecule has 0 radical (unpaired) electrons. The molecule has 0 heterocycles. The summed E-state index contributed by atoms with van der Waals surface area (Å²) in [5, 5.41) is 1.36. The van der Waals surface area contributed by atoms with Crippen molar-refractivity contribution in [3.8, 4) is 0 Å². The summed E-state index contributed by atoms with van der Waals surface area (Å²) in [5.41, 5.74) is 3.60. The first-order valence-corrected chi connectivity index (χ1v) is 8.34. The van der Waals surface area contributed by atoms with Gasteiger partial charge in [-0.1, -0.05) is 47.5 Å². The number of halogens is 2. The van der Waals surface area contributed by atoms with Gasteiger partial charge in [-0.15, -0.1) is 0 Å². The summed E-state index contributed by atoms with van der Waals surface area (Å²) in [7, 11) is 0. The fourth-order valence-electron chi connectivity index (χ4n) is 2.77. The molecule has 0 spiro atoms. The van der Waals surface area contributed by atoms with Gasteiger partial charge in [-0.25, -0.2) is 0 Å². The molecule has 23 heavy (non-hydrogen) atoms. The summed E-state index contributed by atoms with van der Waals surface area (Å²) in [6.07, 6.45) is 6.47. The molecular formula is C20H16Cl2O. The predicted molar refractivity (Wildman–Crippen MR) is 97.7 cm³/mol. The maximum absolute atomic E-state index is 12.7. The molecule has 0 aliphatic heterocycles. The average Bonchev–Trinajstić information content (AvgIpc) is 2.51. The highest BCUT2D eigenvalue weighted by atomic mass is 35.5. The fourth-order valence-corrected chi connectivity index (χ4v) is 3.17. The minimum Gasteiger partial charge on any atom is -0.289 e. The minimum atomic E-state index is 0.121. The van der Waals surface area contributed by atoms with E-state index in [0.29, 0.717) is 10.0 Å². The van der Waals surface area contributed by atoms with Crippen LogP contribution in [-0.2, 0) is 4.79 Å². The highest BCUT2D eigenvalue weighted by Crippen LogP contribution is 2.28. The zero-order chi connectivity index (χ0) is 16.2. The van der Waals surface area contributed by atoms with Crippen molar-refractivity contribution in [2.24, 2.45) is 0 Å². The van der Waals surface area contributed by atoms with Gasteiger partial charge >= 0.3 is 0 Å². The lowest BCUT2D eigenvalue weighted by Crippen LogP contribution is -2.12. The van der Waals surface area contributed by atoms with Gasteiger partial charge in [-0.05, 0) is 66.8 Å². The van der Waals surface area contributed by atoms with Crippen molar-refractivity contribution in [2.75, 3.05) is 0 Å². The first-order valence-electron chi connectivity index (χ1n) is 7.59. The molecule has 0 bridgehead atoms. The van der Waals surface area contributed by atoms with Crippen LogP contribution in [0.1, 0.15) is 30.4 Å². The van der Waals surface area contributed by atoms with Gasteiger partial charge in [0.1, 0.15) is 0 Å². The Bertz CT molecular complexity index is 737. The zero-order valence-electron chi connectivity index (χ0n) is 12.6. The first kappa shape index (κ1) is 16.0. The second-order valence-corrected chi connectivity index (χ2v) is 6.50. The summed E-state index contributed by atoms with van der Waals surface area (Å²) in [6, 6.07) is 15.1. The average molecular weight is 343 g/mol. The number of rotatable bonds is 2. The SMILES string of the molecule is O=C1/C(=C\c2cccc(Cl)c2)CCC/C1=C/c1cccc(Cl)c1. The smallest absolute Gasteiger partial charge is 0.185 e. The minimum absolute atomic E-state index is 0.121. The van der Waals surface area contributed by atoms with Crippen LogP contribution in [0.2, 0.25) is 10.0 Å². The van der Waals surface area contributed by atoms with Gasteiger partial charge in [0.25, 0.3) is 0 Å². The quantitative estimate of drug-likeness (QED) is 0.592. The van der Waals surface area contributed by atoms with Crippen LogP contribution in [0, 0.1) is 0 Å². The third-order valence-corrected chi connectivity index (χ3v) is 4.32. The Morgan fingerprint density at radius 3 is 1.70 bits per heavy atom. The molecule has 0 atom stereocenters. The van der Waals surface area contributed by atoms with E-state index < -0.39 is 0 Å². The number of carbonyl (C=O) groups is 1. The van der Waals surface area contributed by atoms with Gasteiger partial charge < -0.3 is 0 Å². The molecule has 1 nitrogen and oxygen atoms in total. The van der Waals surface area contributed by atoms with Crippen LogP contribution in [0.5, 0.6) is 0 Å². The normalized spacial score (nSPS) is 18.6. The van der Waals surface area contributed by atoms with Crippen LogP contribution in [0.3, 0.4) is 0 Å². The second-order valence-electron chi connectivity index (χ2n) is 5.63. The molecule has 1 saturated carbocycles. The lowest BCUT2D eigenvalue weighted by Gasteiger charge is -2.16. The van der Waals surface area contributed by atoms with Crippen LogP contribution < -0.4 is 0 Å². The number of hydrogen-bond acceptors (Lipinski definition) is 1. The van der Waals surface area contributed by atoms with Crippen molar-refractivity contribution >= 4 is 41.1 Å². The Hall–Kier alpha value is -1.83. The van der Waals surface area contributed by atoms with E-state index in [9.17, 15) is 4.79 Å². The van der Waals surface area contributed by atoms with Crippen molar-refractivity contribution in [1.29, 1.82) is 0 Å². The van der Waals surface area contributed by atoms with E-state index in [1.54, 1.807) is 0 Å². The van der Waals surface area contributed by atoms with Crippen molar-refractivity contribution in [3.05, 3.63) is 80.8 Å². The molecule has 3 rings (SSSR count). The molecule has 2 aromatic carbocycles. The van der Waals surface area contributed by atoms with Gasteiger partial charge in [0.05, 0.1) is 0 Å². The third kappa shape index (κ3) is 4.13. The number of benzene rings is 2. The number of carbonyl (C=O) groups excluding carboxylic acids is 1. The summed E-state index contributed by atoms with van der Waals surface area (Å²) in [5.74, 6) is 0.121. The van der Waals surface area contributed by atoms with E-state index in [2.05, 4.69) is 0 Å².